The van der Waals surface area contributed by atoms with Crippen LogP contribution in [-0.2, 0) is 4.79 Å². The Morgan fingerprint density at radius 3 is 2.41 bits per heavy atom. The van der Waals surface area contributed by atoms with E-state index in [0.717, 1.165) is 25.7 Å². The first-order valence-electron chi connectivity index (χ1n) is 8.21. The van der Waals surface area contributed by atoms with Crippen molar-refractivity contribution in [2.24, 2.45) is 5.92 Å². The van der Waals surface area contributed by atoms with Gasteiger partial charge in [0.25, 0.3) is 5.91 Å². The summed E-state index contributed by atoms with van der Waals surface area (Å²) in [6.45, 7) is 5.48. The van der Waals surface area contributed by atoms with Crippen molar-refractivity contribution in [1.82, 2.24) is 9.80 Å². The lowest BCUT2D eigenvalue weighted by atomic mass is 9.94. The molecule has 0 bridgehead atoms. The quantitative estimate of drug-likeness (QED) is 0.859. The van der Waals surface area contributed by atoms with Gasteiger partial charge in [-0.25, -0.2) is 0 Å². The molecule has 0 radical (unpaired) electrons. The molecule has 5 heteroatoms. The summed E-state index contributed by atoms with van der Waals surface area (Å²) in [4.78, 5) is 28.9. The average molecular weight is 304 g/mol. The Bertz CT molecular complexity index is 524. The Labute approximate surface area is 131 Å². The largest absolute Gasteiger partial charge is 0.472 e. The maximum absolute atomic E-state index is 12.7. The van der Waals surface area contributed by atoms with Gasteiger partial charge >= 0.3 is 0 Å². The lowest BCUT2D eigenvalue weighted by Gasteiger charge is -2.35. The van der Waals surface area contributed by atoms with Crippen molar-refractivity contribution in [1.29, 1.82) is 0 Å². The highest BCUT2D eigenvalue weighted by Crippen LogP contribution is 2.32. The van der Waals surface area contributed by atoms with Gasteiger partial charge in [0, 0.05) is 31.1 Å². The normalized spacial score (nSPS) is 19.5. The van der Waals surface area contributed by atoms with Crippen LogP contribution in [0.1, 0.15) is 49.9 Å². The van der Waals surface area contributed by atoms with Gasteiger partial charge in [-0.1, -0.05) is 0 Å². The number of carbonyl (C=O) groups is 2. The van der Waals surface area contributed by atoms with Crippen LogP contribution in [0, 0.1) is 5.92 Å². The second-order valence-corrected chi connectivity index (χ2v) is 6.65. The minimum absolute atomic E-state index is 0.00237. The maximum Gasteiger partial charge on any atom is 0.257 e. The van der Waals surface area contributed by atoms with Gasteiger partial charge < -0.3 is 14.2 Å². The number of furan rings is 1. The molecule has 5 nitrogen and oxygen atoms in total. The molecule has 1 aliphatic heterocycles. The number of piperidine rings is 1. The molecule has 0 unspecified atom stereocenters. The van der Waals surface area contributed by atoms with Gasteiger partial charge in [-0.15, -0.1) is 0 Å². The van der Waals surface area contributed by atoms with Gasteiger partial charge in [-0.2, -0.15) is 0 Å². The fourth-order valence-electron chi connectivity index (χ4n) is 3.32. The van der Waals surface area contributed by atoms with Crippen LogP contribution in [0.15, 0.2) is 23.0 Å². The molecule has 3 rings (SSSR count). The standard InChI is InChI=1S/C17H24N2O3/c1-12(2)19(15-3-4-15)17(21)13-5-8-18(9-6-13)16(20)14-7-10-22-11-14/h7,10-13,15H,3-6,8-9H2,1-2H3. The summed E-state index contributed by atoms with van der Waals surface area (Å²) in [6.07, 6.45) is 6.80. The van der Waals surface area contributed by atoms with E-state index in [1.807, 2.05) is 4.90 Å². The molecule has 0 atom stereocenters. The third-order valence-corrected chi connectivity index (χ3v) is 4.65. The molecular weight excluding hydrogens is 280 g/mol. The summed E-state index contributed by atoms with van der Waals surface area (Å²) < 4.78 is 4.97. The second kappa shape index (κ2) is 6.15. The van der Waals surface area contributed by atoms with E-state index >= 15 is 0 Å². The zero-order chi connectivity index (χ0) is 15.7. The third kappa shape index (κ3) is 3.03. The van der Waals surface area contributed by atoms with Crippen LogP contribution in [-0.4, -0.2) is 46.8 Å². The summed E-state index contributed by atoms with van der Waals surface area (Å²) in [6, 6.07) is 2.41. The summed E-state index contributed by atoms with van der Waals surface area (Å²) in [7, 11) is 0. The highest BCUT2D eigenvalue weighted by molar-refractivity contribution is 5.94. The van der Waals surface area contributed by atoms with Crippen molar-refractivity contribution in [2.75, 3.05) is 13.1 Å². The summed E-state index contributed by atoms with van der Waals surface area (Å²) >= 11 is 0. The predicted molar refractivity (Wildman–Crippen MR) is 82.3 cm³/mol. The molecule has 22 heavy (non-hydrogen) atoms. The van der Waals surface area contributed by atoms with E-state index in [1.165, 1.54) is 12.5 Å². The zero-order valence-corrected chi connectivity index (χ0v) is 13.3. The van der Waals surface area contributed by atoms with Gasteiger partial charge in [0.05, 0.1) is 11.8 Å². The van der Waals surface area contributed by atoms with Crippen molar-refractivity contribution in [3.05, 3.63) is 24.2 Å². The molecule has 2 fully saturated rings. The molecule has 1 aromatic heterocycles. The van der Waals surface area contributed by atoms with Crippen molar-refractivity contribution in [2.45, 2.75) is 51.6 Å². The number of rotatable bonds is 4. The highest BCUT2D eigenvalue weighted by Gasteiger charge is 2.38. The van der Waals surface area contributed by atoms with Gasteiger partial charge in [-0.3, -0.25) is 9.59 Å². The molecule has 1 saturated carbocycles. The first-order valence-corrected chi connectivity index (χ1v) is 8.21. The van der Waals surface area contributed by atoms with E-state index in [-0.39, 0.29) is 23.8 Å². The van der Waals surface area contributed by atoms with Crippen LogP contribution in [0.25, 0.3) is 0 Å². The van der Waals surface area contributed by atoms with Crippen molar-refractivity contribution in [3.63, 3.8) is 0 Å². The van der Waals surface area contributed by atoms with E-state index in [0.29, 0.717) is 24.7 Å². The van der Waals surface area contributed by atoms with Crippen LogP contribution >= 0.6 is 0 Å². The van der Waals surface area contributed by atoms with E-state index < -0.39 is 0 Å². The van der Waals surface area contributed by atoms with Crippen LogP contribution in [0.2, 0.25) is 0 Å². The van der Waals surface area contributed by atoms with Crippen molar-refractivity contribution >= 4 is 11.8 Å². The van der Waals surface area contributed by atoms with Crippen LogP contribution < -0.4 is 0 Å². The van der Waals surface area contributed by atoms with E-state index in [2.05, 4.69) is 18.7 Å². The smallest absolute Gasteiger partial charge is 0.257 e. The number of nitrogens with zero attached hydrogens (tertiary/aromatic N) is 2. The molecular formula is C17H24N2O3. The molecule has 120 valence electrons. The van der Waals surface area contributed by atoms with Crippen LogP contribution in [0.5, 0.6) is 0 Å². The van der Waals surface area contributed by atoms with E-state index in [9.17, 15) is 9.59 Å². The fourth-order valence-corrected chi connectivity index (χ4v) is 3.32. The topological polar surface area (TPSA) is 53.8 Å². The molecule has 0 aromatic carbocycles. The Hall–Kier alpha value is -1.78. The van der Waals surface area contributed by atoms with E-state index in [4.69, 9.17) is 4.42 Å². The summed E-state index contributed by atoms with van der Waals surface area (Å²) in [5.41, 5.74) is 0.589. The third-order valence-electron chi connectivity index (χ3n) is 4.65. The fraction of sp³-hybridized carbons (Fsp3) is 0.647. The Morgan fingerprint density at radius 1 is 1.23 bits per heavy atom. The Kier molecular flexibility index (Phi) is 4.23. The number of carbonyl (C=O) groups excluding carboxylic acids is 2. The first-order chi connectivity index (χ1) is 10.6. The molecule has 0 N–H and O–H groups in total. The molecule has 2 heterocycles. The minimum Gasteiger partial charge on any atom is -0.472 e. The minimum atomic E-state index is 0.00237. The molecule has 2 aliphatic rings. The molecule has 2 amide bonds. The lowest BCUT2D eigenvalue weighted by Crippen LogP contribution is -2.47. The van der Waals surface area contributed by atoms with Gasteiger partial charge in [0.15, 0.2) is 0 Å². The molecule has 0 spiro atoms. The van der Waals surface area contributed by atoms with Crippen LogP contribution in [0.4, 0.5) is 0 Å². The first kappa shape index (κ1) is 15.1. The Balaban J connectivity index is 1.57. The second-order valence-electron chi connectivity index (χ2n) is 6.65. The van der Waals surface area contributed by atoms with Gasteiger partial charge in [-0.05, 0) is 45.6 Å². The molecule has 1 aromatic rings. The monoisotopic (exact) mass is 304 g/mol. The van der Waals surface area contributed by atoms with Gasteiger partial charge in [0.2, 0.25) is 5.91 Å². The van der Waals surface area contributed by atoms with Gasteiger partial charge in [0.1, 0.15) is 6.26 Å². The summed E-state index contributed by atoms with van der Waals surface area (Å²) in [5.74, 6) is 0.354. The van der Waals surface area contributed by atoms with Crippen molar-refractivity contribution in [3.8, 4) is 0 Å². The number of hydrogen-bond acceptors (Lipinski definition) is 3. The maximum atomic E-state index is 12.7. The average Bonchev–Trinajstić information content (AvgIpc) is 3.18. The van der Waals surface area contributed by atoms with Crippen molar-refractivity contribution < 1.29 is 14.0 Å². The number of likely N-dealkylation sites (tertiary alicyclic amines) is 1. The number of amides is 2. The Morgan fingerprint density at radius 2 is 1.91 bits per heavy atom. The van der Waals surface area contributed by atoms with Crippen LogP contribution in [0.3, 0.4) is 0 Å². The van der Waals surface area contributed by atoms with E-state index in [1.54, 1.807) is 6.07 Å². The number of hydrogen-bond donors (Lipinski definition) is 0. The molecule has 1 aliphatic carbocycles. The molecule has 1 saturated heterocycles. The lowest BCUT2D eigenvalue weighted by molar-refractivity contribution is -0.139. The highest BCUT2D eigenvalue weighted by atomic mass is 16.3. The SMILES string of the molecule is CC(C)N(C(=O)C1CCN(C(=O)c2ccoc2)CC1)C1CC1. The summed E-state index contributed by atoms with van der Waals surface area (Å²) in [5, 5.41) is 0. The predicted octanol–water partition coefficient (Wildman–Crippen LogP) is 2.53. The zero-order valence-electron chi connectivity index (χ0n) is 13.3.